The van der Waals surface area contributed by atoms with Gasteiger partial charge in [0, 0.05) is 6.54 Å². The van der Waals surface area contributed by atoms with Gasteiger partial charge in [-0.25, -0.2) is 9.89 Å². The smallest absolute Gasteiger partial charge is 0.323 e. The number of carbonyl (C=O) groups is 2. The van der Waals surface area contributed by atoms with Crippen LogP contribution >= 0.6 is 11.8 Å². The molecule has 0 spiro atoms. The van der Waals surface area contributed by atoms with Gasteiger partial charge < -0.3 is 5.32 Å². The minimum atomic E-state index is -0.496. The van der Waals surface area contributed by atoms with Crippen molar-refractivity contribution in [2.24, 2.45) is 0 Å². The highest BCUT2D eigenvalue weighted by molar-refractivity contribution is 8.00. The summed E-state index contributed by atoms with van der Waals surface area (Å²) in [5.74, 6) is -0.427. The molecular weight excluding hydrogens is 354 g/mol. The second kappa shape index (κ2) is 7.77. The summed E-state index contributed by atoms with van der Waals surface area (Å²) < 4.78 is 1.55. The molecule has 138 valence electrons. The van der Waals surface area contributed by atoms with Crippen molar-refractivity contribution in [3.8, 4) is 0 Å². The Kier molecular flexibility index (Phi) is 5.46. The lowest BCUT2D eigenvalue weighted by Crippen LogP contribution is -2.45. The van der Waals surface area contributed by atoms with Gasteiger partial charge in [-0.3, -0.25) is 19.1 Å². The van der Waals surface area contributed by atoms with Crippen molar-refractivity contribution < 1.29 is 9.59 Å². The number of para-hydroxylation sites is 2. The van der Waals surface area contributed by atoms with E-state index < -0.39 is 5.25 Å². The van der Waals surface area contributed by atoms with Gasteiger partial charge in [0.15, 0.2) is 5.16 Å². The molecule has 0 unspecified atom stereocenters. The summed E-state index contributed by atoms with van der Waals surface area (Å²) in [7, 11) is 0. The molecule has 2 amide bonds. The summed E-state index contributed by atoms with van der Waals surface area (Å²) in [4.78, 5) is 38.2. The monoisotopic (exact) mass is 375 g/mol. The minimum Gasteiger partial charge on any atom is -0.323 e. The van der Waals surface area contributed by atoms with Crippen LogP contribution in [0.5, 0.6) is 0 Å². The van der Waals surface area contributed by atoms with Crippen LogP contribution in [0, 0.1) is 0 Å². The number of anilines is 2. The van der Waals surface area contributed by atoms with E-state index in [0.29, 0.717) is 23.1 Å². The fourth-order valence-corrected chi connectivity index (χ4v) is 3.71. The third kappa shape index (κ3) is 3.67. The molecule has 1 aromatic carbocycles. The molecule has 0 aliphatic carbocycles. The first-order chi connectivity index (χ1) is 12.5. The number of carbonyl (C=O) groups excluding carboxylic acids is 2. The molecule has 2 aromatic rings. The number of rotatable bonds is 6. The molecule has 2 heterocycles. The number of aromatic nitrogens is 3. The van der Waals surface area contributed by atoms with Crippen molar-refractivity contribution in [3.63, 3.8) is 0 Å². The van der Waals surface area contributed by atoms with E-state index in [9.17, 15) is 14.4 Å². The molecule has 0 fully saturated rings. The summed E-state index contributed by atoms with van der Waals surface area (Å²) in [6.45, 7) is 4.34. The van der Waals surface area contributed by atoms with Crippen LogP contribution in [-0.4, -0.2) is 38.4 Å². The van der Waals surface area contributed by atoms with Gasteiger partial charge in [0.2, 0.25) is 11.8 Å². The number of amides is 2. The second-order valence-electron chi connectivity index (χ2n) is 6.07. The Morgan fingerprint density at radius 1 is 1.35 bits per heavy atom. The fraction of sp³-hybridized carbons (Fsp3) is 0.412. The van der Waals surface area contributed by atoms with Crippen molar-refractivity contribution >= 4 is 35.0 Å². The van der Waals surface area contributed by atoms with Gasteiger partial charge in [-0.15, -0.1) is 5.10 Å². The lowest BCUT2D eigenvalue weighted by molar-refractivity contribution is -0.121. The summed E-state index contributed by atoms with van der Waals surface area (Å²) >= 11 is 1.22. The largest absolute Gasteiger partial charge is 0.343 e. The van der Waals surface area contributed by atoms with Gasteiger partial charge in [0.1, 0.15) is 6.54 Å². The molecule has 1 aromatic heterocycles. The van der Waals surface area contributed by atoms with Crippen LogP contribution in [0.3, 0.4) is 0 Å². The van der Waals surface area contributed by atoms with Crippen LogP contribution < -0.4 is 15.9 Å². The number of H-pyrrole nitrogens is 1. The number of hydrogen-bond acceptors (Lipinski definition) is 5. The molecule has 0 bridgehead atoms. The molecule has 9 heteroatoms. The number of aromatic amines is 1. The molecule has 1 aliphatic rings. The SMILES string of the molecule is CCCCn1c(S[C@@H](C)C(=O)N2CC(=O)Nc3ccccc32)n[nH]c1=O. The maximum Gasteiger partial charge on any atom is 0.343 e. The molecule has 0 saturated carbocycles. The molecule has 1 aliphatic heterocycles. The van der Waals surface area contributed by atoms with Crippen LogP contribution in [-0.2, 0) is 16.1 Å². The molecule has 2 N–H and O–H groups in total. The molecule has 0 saturated heterocycles. The van der Waals surface area contributed by atoms with Gasteiger partial charge in [-0.1, -0.05) is 37.2 Å². The molecule has 26 heavy (non-hydrogen) atoms. The molecule has 1 atom stereocenters. The van der Waals surface area contributed by atoms with E-state index >= 15 is 0 Å². The number of nitrogens with zero attached hydrogens (tertiary/aromatic N) is 3. The highest BCUT2D eigenvalue weighted by Crippen LogP contribution is 2.31. The lowest BCUT2D eigenvalue weighted by atomic mass is 10.2. The Labute approximate surface area is 155 Å². The van der Waals surface area contributed by atoms with E-state index in [0.717, 1.165) is 12.8 Å². The highest BCUT2D eigenvalue weighted by atomic mass is 32.2. The first-order valence-electron chi connectivity index (χ1n) is 8.53. The number of hydrogen-bond donors (Lipinski definition) is 2. The number of nitrogens with one attached hydrogen (secondary N) is 2. The lowest BCUT2D eigenvalue weighted by Gasteiger charge is -2.30. The average Bonchev–Trinajstić information content (AvgIpc) is 2.98. The van der Waals surface area contributed by atoms with E-state index in [1.54, 1.807) is 29.7 Å². The van der Waals surface area contributed by atoms with Crippen LogP contribution in [0.15, 0.2) is 34.2 Å². The molecular formula is C17H21N5O3S. The Morgan fingerprint density at radius 2 is 2.12 bits per heavy atom. The van der Waals surface area contributed by atoms with E-state index in [1.165, 1.54) is 16.7 Å². The Bertz CT molecular complexity index is 875. The predicted molar refractivity (Wildman–Crippen MR) is 100 cm³/mol. The highest BCUT2D eigenvalue weighted by Gasteiger charge is 2.30. The quantitative estimate of drug-likeness (QED) is 0.751. The van der Waals surface area contributed by atoms with Gasteiger partial charge in [-0.05, 0) is 25.5 Å². The molecule has 0 radical (unpaired) electrons. The summed E-state index contributed by atoms with van der Waals surface area (Å²) in [6, 6.07) is 7.20. The maximum atomic E-state index is 12.9. The summed E-state index contributed by atoms with van der Waals surface area (Å²) in [5, 5.41) is 9.23. The third-order valence-corrected chi connectivity index (χ3v) is 5.20. The zero-order valence-corrected chi connectivity index (χ0v) is 15.5. The van der Waals surface area contributed by atoms with Crippen LogP contribution in [0.25, 0.3) is 0 Å². The van der Waals surface area contributed by atoms with E-state index in [1.807, 2.05) is 13.0 Å². The number of fused-ring (bicyclic) bond motifs is 1. The van der Waals surface area contributed by atoms with Crippen LogP contribution in [0.4, 0.5) is 11.4 Å². The number of benzene rings is 1. The van der Waals surface area contributed by atoms with Gasteiger partial charge >= 0.3 is 5.69 Å². The van der Waals surface area contributed by atoms with Crippen molar-refractivity contribution in [1.82, 2.24) is 14.8 Å². The molecule has 3 rings (SSSR count). The van der Waals surface area contributed by atoms with Crippen LogP contribution in [0.1, 0.15) is 26.7 Å². The standard InChI is InChI=1S/C17H21N5O3S/c1-3-4-9-21-16(25)19-20-17(21)26-11(2)15(24)22-10-14(23)18-12-7-5-6-8-13(12)22/h5-8,11H,3-4,9-10H2,1-2H3,(H,18,23)(H,19,25)/t11-/m0/s1. The van der Waals surface area contributed by atoms with Gasteiger partial charge in [-0.2, -0.15) is 0 Å². The van der Waals surface area contributed by atoms with Crippen molar-refractivity contribution in [1.29, 1.82) is 0 Å². The normalized spacial score (nSPS) is 14.7. The Hall–Kier alpha value is -2.55. The molecule has 8 nitrogen and oxygen atoms in total. The van der Waals surface area contributed by atoms with Gasteiger partial charge in [0.05, 0.1) is 16.6 Å². The zero-order chi connectivity index (χ0) is 18.7. The summed E-state index contributed by atoms with van der Waals surface area (Å²) in [6.07, 6.45) is 1.81. The Balaban J connectivity index is 1.79. The van der Waals surface area contributed by atoms with Crippen molar-refractivity contribution in [3.05, 3.63) is 34.7 Å². The van der Waals surface area contributed by atoms with E-state index in [-0.39, 0.29) is 24.0 Å². The van der Waals surface area contributed by atoms with Crippen molar-refractivity contribution in [2.45, 2.75) is 43.6 Å². The van der Waals surface area contributed by atoms with Crippen LogP contribution in [0.2, 0.25) is 0 Å². The first kappa shape index (κ1) is 18.2. The second-order valence-corrected chi connectivity index (χ2v) is 7.37. The summed E-state index contributed by atoms with van der Waals surface area (Å²) in [5.41, 5.74) is 1.02. The maximum absolute atomic E-state index is 12.9. The Morgan fingerprint density at radius 3 is 2.88 bits per heavy atom. The van der Waals surface area contributed by atoms with Crippen molar-refractivity contribution in [2.75, 3.05) is 16.8 Å². The fourth-order valence-electron chi connectivity index (χ4n) is 2.76. The predicted octanol–water partition coefficient (Wildman–Crippen LogP) is 1.84. The van der Waals surface area contributed by atoms with E-state index in [2.05, 4.69) is 15.5 Å². The zero-order valence-electron chi connectivity index (χ0n) is 14.7. The van der Waals surface area contributed by atoms with Gasteiger partial charge in [0.25, 0.3) is 0 Å². The topological polar surface area (TPSA) is 100 Å². The number of unbranched alkanes of at least 4 members (excludes halogenated alkanes) is 1. The third-order valence-electron chi connectivity index (χ3n) is 4.13. The van der Waals surface area contributed by atoms with E-state index in [4.69, 9.17) is 0 Å². The number of thioether (sulfide) groups is 1. The average molecular weight is 375 g/mol. The minimum absolute atomic E-state index is 0.0239. The first-order valence-corrected chi connectivity index (χ1v) is 9.41.